The summed E-state index contributed by atoms with van der Waals surface area (Å²) >= 11 is 0. The van der Waals surface area contributed by atoms with Gasteiger partial charge in [0.25, 0.3) is 0 Å². The molecule has 40 heavy (non-hydrogen) atoms. The molecule has 0 amide bonds. The third-order valence-corrected chi connectivity index (χ3v) is 7.81. The van der Waals surface area contributed by atoms with Gasteiger partial charge in [0.15, 0.2) is 17.9 Å². The van der Waals surface area contributed by atoms with Crippen LogP contribution in [-0.2, 0) is 20.7 Å². The van der Waals surface area contributed by atoms with Crippen molar-refractivity contribution in [1.29, 1.82) is 0 Å². The molecule has 0 spiro atoms. The van der Waals surface area contributed by atoms with Crippen LogP contribution < -0.4 is 10.5 Å². The number of carbonyl (C=O) groups is 3. The molecule has 2 aromatic rings. The molecular weight excluding hydrogens is 554 g/mol. The predicted molar refractivity (Wildman–Crippen MR) is 140 cm³/mol. The van der Waals surface area contributed by atoms with Crippen molar-refractivity contribution >= 4 is 55.1 Å². The third-order valence-electron chi connectivity index (χ3n) is 7.81. The van der Waals surface area contributed by atoms with E-state index in [1.807, 2.05) is 0 Å². The number of phenolic OH excluding ortho intramolecular Hbond substituents is 2. The Balaban J connectivity index is 0.00000205. The standard InChI is InChI=1S/C27H29NO11.Ca.2H/c1-10-22(31)13(28)6-17(38-10)39-15-8-27(36,16(30)9-29)7-12-19(15)26(35)21-20(24(12)33)23(32)11-4-3-5-14(37-2)18(11)25(21)34;;;/h3-5,10,13,15,17,22,29,31,33,35-36H,6-9,28H2,1-2H3;;;/q;+2;2*-1/t10-,13-,15-,17-,22+,27-;;;/m0.../s1. The smallest absolute Gasteiger partial charge is 1.00 e. The van der Waals surface area contributed by atoms with Crippen LogP contribution in [0, 0.1) is 0 Å². The number of Topliss-reactive ketones (excluding diaryl/α,β-unsaturated/α-hetero) is 1. The number of nitrogens with two attached hydrogens (primary N) is 1. The Morgan fingerprint density at radius 1 is 1.18 bits per heavy atom. The number of fused-ring (bicyclic) bond motifs is 3. The van der Waals surface area contributed by atoms with E-state index in [9.17, 15) is 39.9 Å². The minimum atomic E-state index is -2.24. The third kappa shape index (κ3) is 4.75. The van der Waals surface area contributed by atoms with E-state index in [4.69, 9.17) is 19.9 Å². The Morgan fingerprint density at radius 3 is 2.48 bits per heavy atom. The molecule has 2 aliphatic carbocycles. The van der Waals surface area contributed by atoms with Crippen LogP contribution in [0.25, 0.3) is 0 Å². The number of benzene rings is 2. The van der Waals surface area contributed by atoms with Crippen LogP contribution in [-0.4, -0.2) is 124 Å². The molecule has 6 atom stereocenters. The maximum absolute atomic E-state index is 13.6. The number of hydrogen-bond donors (Lipinski definition) is 6. The second-order valence-corrected chi connectivity index (χ2v) is 10.2. The molecule has 1 fully saturated rings. The maximum Gasteiger partial charge on any atom is 2.00 e. The Bertz CT molecular complexity index is 1390. The number of methoxy groups -OCH3 is 1. The summed E-state index contributed by atoms with van der Waals surface area (Å²) in [6.45, 7) is 0.560. The molecule has 1 heterocycles. The molecule has 3 aliphatic rings. The number of carbonyl (C=O) groups excluding carboxylic acids is 3. The van der Waals surface area contributed by atoms with Crippen LogP contribution in [0.4, 0.5) is 0 Å². The van der Waals surface area contributed by atoms with E-state index in [0.717, 1.165) is 0 Å². The summed E-state index contributed by atoms with van der Waals surface area (Å²) in [5, 5.41) is 53.7. The van der Waals surface area contributed by atoms with Crippen LogP contribution in [0.2, 0.25) is 0 Å². The SMILES string of the molecule is COc1cccc2c1C(=O)c1c(O)c3c(c(O)c1C2=O)C[C@@](O)(C(=O)CO)C[C@@H]3O[C@H]1C[C@H](N)[C@H](O)[C@H](C)O1.[Ca+2].[H-].[H-]. The van der Waals surface area contributed by atoms with Crippen molar-refractivity contribution in [3.63, 3.8) is 0 Å². The zero-order valence-corrected chi connectivity index (χ0v) is 24.1. The van der Waals surface area contributed by atoms with E-state index in [1.54, 1.807) is 6.92 Å². The molecule has 12 nitrogen and oxygen atoms in total. The summed E-state index contributed by atoms with van der Waals surface area (Å²) in [6, 6.07) is 3.64. The molecule has 0 radical (unpaired) electrons. The van der Waals surface area contributed by atoms with Crippen molar-refractivity contribution in [3.8, 4) is 17.2 Å². The summed E-state index contributed by atoms with van der Waals surface area (Å²) < 4.78 is 17.0. The first kappa shape index (κ1) is 30.8. The van der Waals surface area contributed by atoms with E-state index in [0.29, 0.717) is 0 Å². The maximum atomic E-state index is 13.6. The predicted octanol–water partition coefficient (Wildman–Crippen LogP) is -0.155. The van der Waals surface area contributed by atoms with Gasteiger partial charge in [0.2, 0.25) is 5.78 Å². The van der Waals surface area contributed by atoms with Crippen LogP contribution >= 0.6 is 0 Å². The number of hydrogen-bond acceptors (Lipinski definition) is 12. The number of ketones is 3. The van der Waals surface area contributed by atoms with Crippen molar-refractivity contribution in [2.45, 2.75) is 62.4 Å². The van der Waals surface area contributed by atoms with Crippen LogP contribution in [0.15, 0.2) is 18.2 Å². The average molecular weight is 586 g/mol. The number of aliphatic hydroxyl groups is 3. The van der Waals surface area contributed by atoms with E-state index >= 15 is 0 Å². The summed E-state index contributed by atoms with van der Waals surface area (Å²) in [4.78, 5) is 39.7. The first-order chi connectivity index (χ1) is 18.4. The van der Waals surface area contributed by atoms with Crippen LogP contribution in [0.3, 0.4) is 0 Å². The molecule has 0 bridgehead atoms. The van der Waals surface area contributed by atoms with Crippen molar-refractivity contribution in [3.05, 3.63) is 51.6 Å². The van der Waals surface area contributed by atoms with Gasteiger partial charge in [-0.25, -0.2) is 0 Å². The fourth-order valence-corrected chi connectivity index (χ4v) is 5.75. The number of aliphatic hydroxyl groups excluding tert-OH is 2. The molecule has 1 aliphatic heterocycles. The Hall–Kier alpha value is -2.13. The molecule has 5 rings (SSSR count). The molecule has 1 saturated heterocycles. The van der Waals surface area contributed by atoms with Gasteiger partial charge in [-0.15, -0.1) is 0 Å². The van der Waals surface area contributed by atoms with E-state index in [2.05, 4.69) is 0 Å². The van der Waals surface area contributed by atoms with Gasteiger partial charge in [-0.1, -0.05) is 12.1 Å². The van der Waals surface area contributed by atoms with Gasteiger partial charge in [-0.3, -0.25) is 14.4 Å². The molecule has 0 aromatic heterocycles. The Morgan fingerprint density at radius 2 is 1.85 bits per heavy atom. The number of phenols is 2. The second kappa shape index (κ2) is 11.3. The van der Waals surface area contributed by atoms with Gasteiger partial charge >= 0.3 is 37.7 Å². The molecule has 13 heteroatoms. The van der Waals surface area contributed by atoms with Gasteiger partial charge in [-0.05, 0) is 13.0 Å². The Kier molecular flexibility index (Phi) is 8.69. The van der Waals surface area contributed by atoms with Gasteiger partial charge in [-0.2, -0.15) is 0 Å². The summed E-state index contributed by atoms with van der Waals surface area (Å²) in [5.41, 5.74) is 2.37. The zero-order valence-electron chi connectivity index (χ0n) is 23.9. The van der Waals surface area contributed by atoms with Gasteiger partial charge in [0, 0.05) is 42.0 Å². The monoisotopic (exact) mass is 585 g/mol. The van der Waals surface area contributed by atoms with E-state index < -0.39 is 95.7 Å². The van der Waals surface area contributed by atoms with Gasteiger partial charge < -0.3 is 48.3 Å². The first-order valence-electron chi connectivity index (χ1n) is 12.4. The molecule has 7 N–H and O–H groups in total. The fourth-order valence-electron chi connectivity index (χ4n) is 5.75. The van der Waals surface area contributed by atoms with E-state index in [-0.39, 0.29) is 75.0 Å². The molecular formula is C27H31CaNO11. The number of rotatable bonds is 5. The topological polar surface area (TPSA) is 206 Å². The zero-order chi connectivity index (χ0) is 28.4. The fraction of sp³-hybridized carbons (Fsp3) is 0.444. The van der Waals surface area contributed by atoms with Crippen molar-refractivity contribution < 1.29 is 57.0 Å². The summed E-state index contributed by atoms with van der Waals surface area (Å²) in [5.74, 6) is -3.77. The average Bonchev–Trinajstić information content (AvgIpc) is 2.90. The van der Waals surface area contributed by atoms with Crippen molar-refractivity contribution in [2.75, 3.05) is 13.7 Å². The van der Waals surface area contributed by atoms with Crippen molar-refractivity contribution in [2.24, 2.45) is 5.73 Å². The summed E-state index contributed by atoms with van der Waals surface area (Å²) in [6.07, 6.45) is -5.12. The first-order valence-corrected chi connectivity index (χ1v) is 12.4. The molecule has 2 aromatic carbocycles. The van der Waals surface area contributed by atoms with E-state index in [1.165, 1.54) is 25.3 Å². The largest absolute Gasteiger partial charge is 2.00 e. The van der Waals surface area contributed by atoms with Crippen LogP contribution in [0.1, 0.15) is 71.7 Å². The van der Waals surface area contributed by atoms with Gasteiger partial charge in [0.1, 0.15) is 29.5 Å². The van der Waals surface area contributed by atoms with Crippen molar-refractivity contribution in [1.82, 2.24) is 0 Å². The van der Waals surface area contributed by atoms with Gasteiger partial charge in [0.05, 0.1) is 42.1 Å². The number of aromatic hydroxyl groups is 2. The number of ether oxygens (including phenoxy) is 3. The summed E-state index contributed by atoms with van der Waals surface area (Å²) in [7, 11) is 1.32. The quantitative estimate of drug-likeness (QED) is 0.171. The minimum absolute atomic E-state index is 0. The Labute approximate surface area is 261 Å². The molecule has 212 valence electrons. The normalized spacial score (nSPS) is 29.1. The van der Waals surface area contributed by atoms with Crippen LogP contribution in [0.5, 0.6) is 17.2 Å². The molecule has 0 saturated carbocycles. The second-order valence-electron chi connectivity index (χ2n) is 10.2. The molecule has 0 unspecified atom stereocenters. The minimum Gasteiger partial charge on any atom is -1.00 e.